The van der Waals surface area contributed by atoms with Gasteiger partial charge in [-0.3, -0.25) is 10.9 Å². The van der Waals surface area contributed by atoms with E-state index in [0.29, 0.717) is 6.04 Å². The first-order chi connectivity index (χ1) is 8.84. The van der Waals surface area contributed by atoms with Gasteiger partial charge in [0, 0.05) is 12.6 Å². The molecule has 0 spiro atoms. The average molecular weight is 277 g/mol. The summed E-state index contributed by atoms with van der Waals surface area (Å²) in [6, 6.07) is 21.4. The summed E-state index contributed by atoms with van der Waals surface area (Å²) in [4.78, 5) is 0. The van der Waals surface area contributed by atoms with Crippen LogP contribution in [-0.4, -0.2) is 6.04 Å². The molecule has 0 aliphatic heterocycles. The Kier molecular flexibility index (Phi) is 7.19. The monoisotopic (exact) mass is 276 g/mol. The molecule has 2 nitrogen and oxygen atoms in total. The van der Waals surface area contributed by atoms with Crippen LogP contribution in [0.15, 0.2) is 60.7 Å². The number of hydrogen-bond donors (Lipinski definition) is 2. The van der Waals surface area contributed by atoms with Crippen molar-refractivity contribution < 1.29 is 0 Å². The Hall–Kier alpha value is -1.35. The molecule has 0 fully saturated rings. The van der Waals surface area contributed by atoms with E-state index in [1.54, 1.807) is 0 Å². The van der Waals surface area contributed by atoms with Crippen LogP contribution in [-0.2, 0) is 13.0 Å². The molecule has 0 aliphatic rings. The highest BCUT2D eigenvalue weighted by Gasteiger charge is 2.01. The van der Waals surface area contributed by atoms with Crippen molar-refractivity contribution in [3.05, 3.63) is 71.8 Å². The van der Waals surface area contributed by atoms with Crippen LogP contribution in [0.5, 0.6) is 0 Å². The average Bonchev–Trinajstić information content (AvgIpc) is 2.41. The summed E-state index contributed by atoms with van der Waals surface area (Å²) in [5.41, 5.74) is 9.25. The molecule has 0 saturated heterocycles. The Balaban J connectivity index is 0.00000180. The third kappa shape index (κ3) is 5.88. The summed E-state index contributed by atoms with van der Waals surface area (Å²) < 4.78 is 0. The summed E-state index contributed by atoms with van der Waals surface area (Å²) in [7, 11) is 0. The zero-order valence-electron chi connectivity index (χ0n) is 11.2. The van der Waals surface area contributed by atoms with E-state index >= 15 is 0 Å². The van der Waals surface area contributed by atoms with E-state index < -0.39 is 0 Å². The number of nitrogens with one attached hydrogen (secondary N) is 2. The first-order valence-corrected chi connectivity index (χ1v) is 6.41. The molecule has 2 rings (SSSR count). The summed E-state index contributed by atoms with van der Waals surface area (Å²) in [5.74, 6) is 0. The van der Waals surface area contributed by atoms with Crippen molar-refractivity contribution >= 4 is 12.4 Å². The van der Waals surface area contributed by atoms with Gasteiger partial charge in [0.15, 0.2) is 0 Å². The van der Waals surface area contributed by atoms with Crippen molar-refractivity contribution in [2.75, 3.05) is 0 Å². The Morgan fingerprint density at radius 3 is 1.95 bits per heavy atom. The van der Waals surface area contributed by atoms with E-state index in [1.807, 2.05) is 6.07 Å². The summed E-state index contributed by atoms with van der Waals surface area (Å²) in [6.45, 7) is 3.03. The molecule has 0 bridgehead atoms. The first-order valence-electron chi connectivity index (χ1n) is 6.41. The number of halogens is 1. The molecule has 0 aromatic heterocycles. The summed E-state index contributed by atoms with van der Waals surface area (Å²) >= 11 is 0. The summed E-state index contributed by atoms with van der Waals surface area (Å²) in [5, 5.41) is 0. The highest BCUT2D eigenvalue weighted by molar-refractivity contribution is 5.85. The lowest BCUT2D eigenvalue weighted by molar-refractivity contribution is 0.446. The van der Waals surface area contributed by atoms with E-state index in [4.69, 9.17) is 0 Å². The van der Waals surface area contributed by atoms with Gasteiger partial charge in [0.25, 0.3) is 0 Å². The van der Waals surface area contributed by atoms with Gasteiger partial charge in [-0.2, -0.15) is 0 Å². The quantitative estimate of drug-likeness (QED) is 0.791. The lowest BCUT2D eigenvalue weighted by Crippen LogP contribution is -2.39. The Labute approximate surface area is 121 Å². The summed E-state index contributed by atoms with van der Waals surface area (Å²) in [6.07, 6.45) is 1.03. The Bertz CT molecular complexity index is 445. The van der Waals surface area contributed by atoms with Gasteiger partial charge in [-0.05, 0) is 24.5 Å². The molecule has 19 heavy (non-hydrogen) atoms. The highest BCUT2D eigenvalue weighted by Crippen LogP contribution is 2.02. The van der Waals surface area contributed by atoms with Gasteiger partial charge >= 0.3 is 0 Å². The fourth-order valence-corrected chi connectivity index (χ4v) is 1.94. The smallest absolute Gasteiger partial charge is 0.0351 e. The number of hydrogen-bond acceptors (Lipinski definition) is 2. The largest absolute Gasteiger partial charge is 0.254 e. The number of hydrazine groups is 1. The molecule has 3 heteroatoms. The molecule has 0 heterocycles. The normalized spacial score (nSPS) is 11.6. The minimum atomic E-state index is 0. The lowest BCUT2D eigenvalue weighted by Gasteiger charge is -2.15. The lowest BCUT2D eigenvalue weighted by atomic mass is 10.1. The van der Waals surface area contributed by atoms with Gasteiger partial charge in [-0.15, -0.1) is 12.4 Å². The molecular weight excluding hydrogens is 256 g/mol. The van der Waals surface area contributed by atoms with Crippen LogP contribution in [0.25, 0.3) is 0 Å². The molecule has 1 atom stereocenters. The van der Waals surface area contributed by atoms with E-state index in [9.17, 15) is 0 Å². The molecule has 0 radical (unpaired) electrons. The zero-order chi connectivity index (χ0) is 12.6. The molecule has 2 aromatic rings. The maximum Gasteiger partial charge on any atom is 0.0351 e. The predicted octanol–water partition coefficient (Wildman–Crippen LogP) is 3.33. The van der Waals surface area contributed by atoms with Crippen molar-refractivity contribution in [2.45, 2.75) is 25.9 Å². The Morgan fingerprint density at radius 1 is 0.842 bits per heavy atom. The van der Waals surface area contributed by atoms with E-state index in [2.05, 4.69) is 72.4 Å². The number of rotatable bonds is 6. The van der Waals surface area contributed by atoms with E-state index in [0.717, 1.165) is 13.0 Å². The van der Waals surface area contributed by atoms with Crippen LogP contribution in [0.1, 0.15) is 18.1 Å². The third-order valence-electron chi connectivity index (χ3n) is 2.87. The van der Waals surface area contributed by atoms with Crippen LogP contribution in [0.3, 0.4) is 0 Å². The SMILES string of the molecule is CC(Cc1ccccc1)NNCc1ccccc1.Cl. The van der Waals surface area contributed by atoms with Gasteiger partial charge in [0.05, 0.1) is 0 Å². The van der Waals surface area contributed by atoms with Gasteiger partial charge in [0.1, 0.15) is 0 Å². The van der Waals surface area contributed by atoms with E-state index in [-0.39, 0.29) is 12.4 Å². The minimum Gasteiger partial charge on any atom is -0.254 e. The second-order valence-corrected chi connectivity index (χ2v) is 4.57. The fraction of sp³-hybridized carbons (Fsp3) is 0.250. The van der Waals surface area contributed by atoms with Crippen molar-refractivity contribution in [1.29, 1.82) is 0 Å². The molecule has 0 amide bonds. The Morgan fingerprint density at radius 2 is 1.37 bits per heavy atom. The van der Waals surface area contributed by atoms with Crippen LogP contribution in [0.4, 0.5) is 0 Å². The molecule has 102 valence electrons. The van der Waals surface area contributed by atoms with Crippen LogP contribution < -0.4 is 10.9 Å². The maximum absolute atomic E-state index is 3.33. The van der Waals surface area contributed by atoms with Crippen molar-refractivity contribution in [1.82, 2.24) is 10.9 Å². The maximum atomic E-state index is 3.33. The molecule has 2 N–H and O–H groups in total. The van der Waals surface area contributed by atoms with Gasteiger partial charge in [-0.1, -0.05) is 60.7 Å². The van der Waals surface area contributed by atoms with Gasteiger partial charge < -0.3 is 0 Å². The van der Waals surface area contributed by atoms with Gasteiger partial charge in [0.2, 0.25) is 0 Å². The molecule has 1 unspecified atom stereocenters. The zero-order valence-corrected chi connectivity index (χ0v) is 12.0. The standard InChI is InChI=1S/C16H20N2.ClH/c1-14(12-15-8-4-2-5-9-15)18-17-13-16-10-6-3-7-11-16;/h2-11,14,17-18H,12-13H2,1H3;1H. The van der Waals surface area contributed by atoms with Gasteiger partial charge in [-0.25, -0.2) is 0 Å². The van der Waals surface area contributed by atoms with Crippen LogP contribution in [0.2, 0.25) is 0 Å². The molecule has 0 saturated carbocycles. The second-order valence-electron chi connectivity index (χ2n) is 4.57. The molecule has 2 aromatic carbocycles. The predicted molar refractivity (Wildman–Crippen MR) is 83.3 cm³/mol. The van der Waals surface area contributed by atoms with Crippen LogP contribution in [0, 0.1) is 0 Å². The molecular formula is C16H21ClN2. The second kappa shape index (κ2) is 8.70. The third-order valence-corrected chi connectivity index (χ3v) is 2.87. The molecule has 0 aliphatic carbocycles. The first kappa shape index (κ1) is 15.7. The highest BCUT2D eigenvalue weighted by atomic mass is 35.5. The van der Waals surface area contributed by atoms with E-state index in [1.165, 1.54) is 11.1 Å². The van der Waals surface area contributed by atoms with Crippen molar-refractivity contribution in [3.63, 3.8) is 0 Å². The fourth-order valence-electron chi connectivity index (χ4n) is 1.94. The van der Waals surface area contributed by atoms with Crippen LogP contribution >= 0.6 is 12.4 Å². The number of benzene rings is 2. The van der Waals surface area contributed by atoms with Crippen molar-refractivity contribution in [2.24, 2.45) is 0 Å². The minimum absolute atomic E-state index is 0. The van der Waals surface area contributed by atoms with Crippen molar-refractivity contribution in [3.8, 4) is 0 Å². The topological polar surface area (TPSA) is 24.1 Å².